The Bertz CT molecular complexity index is 1350. The van der Waals surface area contributed by atoms with Gasteiger partial charge in [-0.05, 0) is 48.6 Å². The molecule has 1 fully saturated rings. The number of hydrogen-bond donors (Lipinski definition) is 2. The van der Waals surface area contributed by atoms with Crippen molar-refractivity contribution in [3.05, 3.63) is 72.7 Å². The predicted octanol–water partition coefficient (Wildman–Crippen LogP) is 4.48. The Morgan fingerprint density at radius 3 is 2.54 bits per heavy atom. The Labute approximate surface area is 204 Å². The monoisotopic (exact) mass is 492 g/mol. The van der Waals surface area contributed by atoms with Crippen LogP contribution in [0.2, 0.25) is 0 Å². The average Bonchev–Trinajstić information content (AvgIpc) is 3.37. The van der Waals surface area contributed by atoms with Crippen molar-refractivity contribution in [2.24, 2.45) is 5.92 Å². The van der Waals surface area contributed by atoms with Crippen LogP contribution in [0.15, 0.2) is 72.0 Å². The summed E-state index contributed by atoms with van der Waals surface area (Å²) in [6.07, 6.45) is 9.20. The molecule has 2 N–H and O–H groups in total. The summed E-state index contributed by atoms with van der Waals surface area (Å²) in [5.74, 6) is 0.820. The van der Waals surface area contributed by atoms with Crippen LogP contribution in [0.1, 0.15) is 37.7 Å². The highest BCUT2D eigenvalue weighted by Gasteiger charge is 2.21. The highest BCUT2D eigenvalue weighted by Crippen LogP contribution is 2.28. The van der Waals surface area contributed by atoms with E-state index in [1.165, 1.54) is 19.3 Å². The van der Waals surface area contributed by atoms with Gasteiger partial charge in [0.15, 0.2) is 5.65 Å². The van der Waals surface area contributed by atoms with E-state index in [4.69, 9.17) is 4.84 Å². The van der Waals surface area contributed by atoms with Crippen molar-refractivity contribution in [3.63, 3.8) is 0 Å². The van der Waals surface area contributed by atoms with Gasteiger partial charge in [-0.1, -0.05) is 49.6 Å². The number of nitrogens with one attached hydrogen (secondary N) is 2. The molecular weight excluding hydrogens is 464 g/mol. The number of imidazole rings is 1. The molecule has 0 spiro atoms. The normalized spacial score (nSPS) is 14.9. The number of rotatable bonds is 9. The van der Waals surface area contributed by atoms with Crippen LogP contribution in [0.4, 0.5) is 11.6 Å². The van der Waals surface area contributed by atoms with Crippen molar-refractivity contribution in [2.45, 2.75) is 43.5 Å². The molecule has 1 saturated carbocycles. The highest BCUT2D eigenvalue weighted by molar-refractivity contribution is 7.89. The molecule has 1 aliphatic carbocycles. The van der Waals surface area contributed by atoms with E-state index < -0.39 is 10.0 Å². The summed E-state index contributed by atoms with van der Waals surface area (Å²) in [6, 6.07) is 15.9. The van der Waals surface area contributed by atoms with E-state index in [-0.39, 0.29) is 11.4 Å². The third-order valence-corrected chi connectivity index (χ3v) is 7.62. The number of sulfonamides is 1. The van der Waals surface area contributed by atoms with Gasteiger partial charge in [0.2, 0.25) is 10.0 Å². The van der Waals surface area contributed by atoms with E-state index in [9.17, 15) is 8.42 Å². The molecule has 0 amide bonds. The molecule has 0 saturated heterocycles. The number of aromatic nitrogens is 4. The lowest BCUT2D eigenvalue weighted by molar-refractivity contribution is 0.0833. The number of fused-ring (bicyclic) bond motifs is 1. The molecule has 2 aromatic carbocycles. The lowest BCUT2D eigenvalue weighted by atomic mass is 9.90. The molecule has 10 heteroatoms. The number of hydrogen-bond acceptors (Lipinski definition) is 7. The molecule has 9 nitrogen and oxygen atoms in total. The van der Waals surface area contributed by atoms with Crippen molar-refractivity contribution < 1.29 is 13.3 Å². The Balaban J connectivity index is 1.36. The van der Waals surface area contributed by atoms with Crippen LogP contribution in [0.3, 0.4) is 0 Å². The zero-order chi connectivity index (χ0) is 24.1. The first kappa shape index (κ1) is 23.4. The van der Waals surface area contributed by atoms with Crippen LogP contribution in [-0.2, 0) is 21.4 Å². The molecule has 4 aromatic rings. The molecule has 1 aliphatic rings. The summed E-state index contributed by atoms with van der Waals surface area (Å²) >= 11 is 0. The molecule has 0 unspecified atom stereocenters. The summed E-state index contributed by atoms with van der Waals surface area (Å²) in [4.78, 5) is 22.6. The van der Waals surface area contributed by atoms with Crippen LogP contribution >= 0.6 is 0 Å². The van der Waals surface area contributed by atoms with Gasteiger partial charge in [0, 0.05) is 6.54 Å². The topological polar surface area (TPSA) is 113 Å². The lowest BCUT2D eigenvalue weighted by Gasteiger charge is -2.26. The zero-order valence-corrected chi connectivity index (χ0v) is 20.1. The third-order valence-electron chi connectivity index (χ3n) is 6.20. The first-order chi connectivity index (χ1) is 17.1. The van der Waals surface area contributed by atoms with Crippen LogP contribution < -0.4 is 9.79 Å². The van der Waals surface area contributed by atoms with Crippen molar-refractivity contribution in [3.8, 4) is 0 Å². The molecule has 35 heavy (non-hydrogen) atoms. The average molecular weight is 493 g/mol. The molecule has 0 radical (unpaired) electrons. The quantitative estimate of drug-likeness (QED) is 0.331. The summed E-state index contributed by atoms with van der Waals surface area (Å²) in [5, 5.41) is 1.57. The first-order valence-corrected chi connectivity index (χ1v) is 13.3. The standard InChI is InChI=1S/C25H28N6O3S/c32-35(33,29-15-19-7-3-1-4-8-19)22-13-11-21(12-14-22)31(34-17-20-9-5-2-6-10-20)25-26-16-23-24(30-25)28-18-27-23/h1,3-4,7-8,11-14,16,18,20,29H,2,5-6,9-10,15,17H2,(H,26,27,28,30). The molecule has 2 aromatic heterocycles. The van der Waals surface area contributed by atoms with Crippen molar-refractivity contribution in [1.29, 1.82) is 0 Å². The fourth-order valence-electron chi connectivity index (χ4n) is 4.22. The van der Waals surface area contributed by atoms with Crippen molar-refractivity contribution >= 4 is 32.8 Å². The fourth-order valence-corrected chi connectivity index (χ4v) is 5.24. The first-order valence-electron chi connectivity index (χ1n) is 11.8. The number of anilines is 2. The van der Waals surface area contributed by atoms with E-state index in [0.29, 0.717) is 29.8 Å². The van der Waals surface area contributed by atoms with Crippen molar-refractivity contribution in [2.75, 3.05) is 11.7 Å². The Morgan fingerprint density at radius 2 is 1.77 bits per heavy atom. The Morgan fingerprint density at radius 1 is 1.00 bits per heavy atom. The van der Waals surface area contributed by atoms with E-state index in [2.05, 4.69) is 24.7 Å². The second kappa shape index (κ2) is 10.5. The lowest BCUT2D eigenvalue weighted by Crippen LogP contribution is -2.25. The van der Waals surface area contributed by atoms with Gasteiger partial charge in [-0.25, -0.2) is 23.1 Å². The third kappa shape index (κ3) is 5.67. The summed E-state index contributed by atoms with van der Waals surface area (Å²) in [7, 11) is -3.67. The van der Waals surface area contributed by atoms with Gasteiger partial charge in [-0.15, -0.1) is 0 Å². The molecule has 182 valence electrons. The minimum atomic E-state index is -3.67. The van der Waals surface area contributed by atoms with E-state index in [0.717, 1.165) is 23.9 Å². The minimum Gasteiger partial charge on any atom is -0.342 e. The van der Waals surface area contributed by atoms with Gasteiger partial charge in [-0.2, -0.15) is 10.0 Å². The molecule has 2 heterocycles. The van der Waals surface area contributed by atoms with Crippen LogP contribution in [0.25, 0.3) is 11.2 Å². The van der Waals surface area contributed by atoms with Gasteiger partial charge >= 0.3 is 0 Å². The van der Waals surface area contributed by atoms with E-state index >= 15 is 0 Å². The maximum Gasteiger partial charge on any atom is 0.256 e. The van der Waals surface area contributed by atoms with E-state index in [1.54, 1.807) is 41.9 Å². The van der Waals surface area contributed by atoms with Crippen LogP contribution in [0.5, 0.6) is 0 Å². The molecule has 0 atom stereocenters. The highest BCUT2D eigenvalue weighted by atomic mass is 32.2. The van der Waals surface area contributed by atoms with Crippen LogP contribution in [-0.4, -0.2) is 35.0 Å². The number of nitrogens with zero attached hydrogens (tertiary/aromatic N) is 4. The van der Waals surface area contributed by atoms with Crippen molar-refractivity contribution in [1.82, 2.24) is 24.7 Å². The smallest absolute Gasteiger partial charge is 0.256 e. The molecule has 0 bridgehead atoms. The maximum absolute atomic E-state index is 12.8. The molecule has 0 aliphatic heterocycles. The second-order valence-corrected chi connectivity index (χ2v) is 10.5. The van der Waals surface area contributed by atoms with Gasteiger partial charge in [-0.3, -0.25) is 4.84 Å². The van der Waals surface area contributed by atoms with Crippen LogP contribution in [0, 0.1) is 5.92 Å². The number of aromatic amines is 1. The predicted molar refractivity (Wildman–Crippen MR) is 133 cm³/mol. The molecule has 5 rings (SSSR count). The zero-order valence-electron chi connectivity index (χ0n) is 19.3. The molecular formula is C25H28N6O3S. The number of benzene rings is 2. The Hall–Kier alpha value is -3.34. The summed E-state index contributed by atoms with van der Waals surface area (Å²) in [6.45, 7) is 0.764. The van der Waals surface area contributed by atoms with E-state index in [1.807, 2.05) is 30.3 Å². The number of H-pyrrole nitrogens is 1. The minimum absolute atomic E-state index is 0.174. The van der Waals surface area contributed by atoms with Gasteiger partial charge in [0.1, 0.15) is 5.52 Å². The van der Waals surface area contributed by atoms with Gasteiger partial charge in [0.25, 0.3) is 5.95 Å². The Kier molecular flexibility index (Phi) is 7.03. The SMILES string of the molecule is O=S(=O)(NCc1ccccc1)c1ccc(N(OCC2CCCCC2)c2ncc3[nH]cnc3n2)cc1. The maximum atomic E-state index is 12.8. The fraction of sp³-hybridized carbons (Fsp3) is 0.320. The second-order valence-electron chi connectivity index (χ2n) is 8.71. The van der Waals surface area contributed by atoms with Gasteiger partial charge in [0.05, 0.1) is 29.7 Å². The summed E-state index contributed by atoms with van der Waals surface area (Å²) < 4.78 is 28.3. The largest absolute Gasteiger partial charge is 0.342 e. The summed E-state index contributed by atoms with van der Waals surface area (Å²) in [5.41, 5.74) is 2.79. The van der Waals surface area contributed by atoms with Gasteiger partial charge < -0.3 is 4.98 Å².